The molecule has 1 aromatic rings. The second-order valence-corrected chi connectivity index (χ2v) is 4.11. The van der Waals surface area contributed by atoms with Crippen LogP contribution in [0, 0.1) is 0 Å². The van der Waals surface area contributed by atoms with E-state index in [9.17, 15) is 9.90 Å². The van der Waals surface area contributed by atoms with Crippen molar-refractivity contribution in [3.05, 3.63) is 23.9 Å². The molecule has 17 heavy (non-hydrogen) atoms. The number of hydrogen-bond acceptors (Lipinski definition) is 4. The maximum Gasteiger partial charge on any atom is 0.255 e. The first-order chi connectivity index (χ1) is 8.20. The number of aliphatic hydroxyl groups excluding tert-OH is 1. The van der Waals surface area contributed by atoms with Crippen LogP contribution < -0.4 is 4.74 Å². The molecule has 0 radical (unpaired) electrons. The zero-order valence-corrected chi connectivity index (χ0v) is 9.80. The minimum absolute atomic E-state index is 0.0351. The normalized spacial score (nSPS) is 16.9. The maximum atomic E-state index is 12.1. The fraction of sp³-hybridized carbons (Fsp3) is 0.500. The predicted molar refractivity (Wildman–Crippen MR) is 61.9 cm³/mol. The quantitative estimate of drug-likeness (QED) is 0.820. The Morgan fingerprint density at radius 1 is 1.47 bits per heavy atom. The van der Waals surface area contributed by atoms with Crippen molar-refractivity contribution >= 4 is 5.91 Å². The molecule has 1 aliphatic rings. The number of likely N-dealkylation sites (tertiary alicyclic amines) is 1. The van der Waals surface area contributed by atoms with E-state index in [2.05, 4.69) is 4.98 Å². The summed E-state index contributed by atoms with van der Waals surface area (Å²) in [6.07, 6.45) is 2.55. The first-order valence-electron chi connectivity index (χ1n) is 5.68. The standard InChI is InChI=1S/C12H16N2O3/c1-17-11-3-2-9(8-13-11)12(16)14-6-4-10(15)5-7-14/h2-3,8,10,15H,4-7H2,1H3. The summed E-state index contributed by atoms with van der Waals surface area (Å²) in [7, 11) is 1.54. The lowest BCUT2D eigenvalue weighted by atomic mass is 10.1. The number of pyridine rings is 1. The molecular formula is C12H16N2O3. The Morgan fingerprint density at radius 3 is 2.71 bits per heavy atom. The molecule has 1 saturated heterocycles. The Labute approximate surface area is 100 Å². The number of methoxy groups -OCH3 is 1. The van der Waals surface area contributed by atoms with Crippen molar-refractivity contribution in [1.29, 1.82) is 0 Å². The molecule has 5 heteroatoms. The fourth-order valence-corrected chi connectivity index (χ4v) is 1.88. The van der Waals surface area contributed by atoms with Gasteiger partial charge in [-0.2, -0.15) is 0 Å². The second kappa shape index (κ2) is 5.14. The first-order valence-corrected chi connectivity index (χ1v) is 5.68. The number of amides is 1. The van der Waals surface area contributed by atoms with Gasteiger partial charge < -0.3 is 14.7 Å². The van der Waals surface area contributed by atoms with Gasteiger partial charge >= 0.3 is 0 Å². The number of carbonyl (C=O) groups is 1. The number of aliphatic hydroxyl groups is 1. The Hall–Kier alpha value is -1.62. The third-order valence-corrected chi connectivity index (χ3v) is 2.94. The highest BCUT2D eigenvalue weighted by Gasteiger charge is 2.22. The molecule has 1 fully saturated rings. The summed E-state index contributed by atoms with van der Waals surface area (Å²) in [5, 5.41) is 9.38. The number of hydrogen-bond donors (Lipinski definition) is 1. The van der Waals surface area contributed by atoms with Crippen LogP contribution in [0.25, 0.3) is 0 Å². The summed E-state index contributed by atoms with van der Waals surface area (Å²) in [5.41, 5.74) is 0.558. The van der Waals surface area contributed by atoms with Gasteiger partial charge in [0.1, 0.15) is 0 Å². The van der Waals surface area contributed by atoms with Gasteiger partial charge in [0.05, 0.1) is 18.8 Å². The van der Waals surface area contributed by atoms with Crippen molar-refractivity contribution in [2.75, 3.05) is 20.2 Å². The largest absolute Gasteiger partial charge is 0.481 e. The third-order valence-electron chi connectivity index (χ3n) is 2.94. The summed E-state index contributed by atoms with van der Waals surface area (Å²) in [6, 6.07) is 3.38. The Kier molecular flexibility index (Phi) is 3.58. The third kappa shape index (κ3) is 2.74. The van der Waals surface area contributed by atoms with E-state index in [-0.39, 0.29) is 12.0 Å². The van der Waals surface area contributed by atoms with E-state index in [1.807, 2.05) is 0 Å². The lowest BCUT2D eigenvalue weighted by Gasteiger charge is -2.29. The van der Waals surface area contributed by atoms with Gasteiger partial charge in [0.2, 0.25) is 5.88 Å². The van der Waals surface area contributed by atoms with Crippen molar-refractivity contribution in [2.24, 2.45) is 0 Å². The molecule has 2 rings (SSSR count). The summed E-state index contributed by atoms with van der Waals surface area (Å²) in [6.45, 7) is 1.21. The van der Waals surface area contributed by atoms with Gasteiger partial charge in [-0.05, 0) is 18.9 Å². The predicted octanol–water partition coefficient (Wildman–Crippen LogP) is 0.687. The van der Waals surface area contributed by atoms with Crippen molar-refractivity contribution in [3.63, 3.8) is 0 Å². The van der Waals surface area contributed by atoms with Crippen molar-refractivity contribution in [3.8, 4) is 5.88 Å². The molecule has 1 aliphatic heterocycles. The van der Waals surface area contributed by atoms with Gasteiger partial charge in [-0.1, -0.05) is 0 Å². The van der Waals surface area contributed by atoms with Crippen molar-refractivity contribution in [2.45, 2.75) is 18.9 Å². The summed E-state index contributed by atoms with van der Waals surface area (Å²) in [5.74, 6) is 0.461. The molecule has 0 bridgehead atoms. The zero-order valence-electron chi connectivity index (χ0n) is 9.80. The molecule has 2 heterocycles. The molecule has 0 aliphatic carbocycles. The molecular weight excluding hydrogens is 220 g/mol. The van der Waals surface area contributed by atoms with Gasteiger partial charge in [0.25, 0.3) is 5.91 Å². The van der Waals surface area contributed by atoms with E-state index in [1.54, 1.807) is 17.0 Å². The SMILES string of the molecule is COc1ccc(C(=O)N2CCC(O)CC2)cn1. The van der Waals surface area contributed by atoms with E-state index in [4.69, 9.17) is 4.74 Å². The molecule has 1 N–H and O–H groups in total. The molecule has 1 amide bonds. The molecule has 0 unspecified atom stereocenters. The monoisotopic (exact) mass is 236 g/mol. The van der Waals surface area contributed by atoms with E-state index < -0.39 is 0 Å². The maximum absolute atomic E-state index is 12.1. The second-order valence-electron chi connectivity index (χ2n) is 4.11. The van der Waals surface area contributed by atoms with Crippen LogP contribution in [0.15, 0.2) is 18.3 Å². The van der Waals surface area contributed by atoms with Gasteiger partial charge in [0, 0.05) is 25.4 Å². The van der Waals surface area contributed by atoms with Gasteiger partial charge in [-0.15, -0.1) is 0 Å². The van der Waals surface area contributed by atoms with E-state index in [1.165, 1.54) is 13.3 Å². The molecule has 0 saturated carbocycles. The molecule has 0 spiro atoms. The van der Waals surface area contributed by atoms with Crippen LogP contribution in [-0.4, -0.2) is 47.2 Å². The molecule has 1 aromatic heterocycles. The smallest absolute Gasteiger partial charge is 0.255 e. The van der Waals surface area contributed by atoms with Crippen LogP contribution in [0.2, 0.25) is 0 Å². The summed E-state index contributed by atoms with van der Waals surface area (Å²) >= 11 is 0. The fourth-order valence-electron chi connectivity index (χ4n) is 1.88. The highest BCUT2D eigenvalue weighted by Crippen LogP contribution is 2.14. The summed E-state index contributed by atoms with van der Waals surface area (Å²) in [4.78, 5) is 17.8. The lowest BCUT2D eigenvalue weighted by molar-refractivity contribution is 0.0546. The average molecular weight is 236 g/mol. The highest BCUT2D eigenvalue weighted by atomic mass is 16.5. The Balaban J connectivity index is 2.03. The molecule has 0 aromatic carbocycles. The first kappa shape index (κ1) is 11.9. The number of piperidine rings is 1. The van der Waals surface area contributed by atoms with Gasteiger partial charge in [-0.25, -0.2) is 4.98 Å². The Bertz CT molecular complexity index is 383. The topological polar surface area (TPSA) is 62.7 Å². The molecule has 92 valence electrons. The highest BCUT2D eigenvalue weighted by molar-refractivity contribution is 5.94. The minimum Gasteiger partial charge on any atom is -0.481 e. The number of carbonyl (C=O) groups excluding carboxylic acids is 1. The van der Waals surface area contributed by atoms with Gasteiger partial charge in [0.15, 0.2) is 0 Å². The number of nitrogens with zero attached hydrogens (tertiary/aromatic N) is 2. The average Bonchev–Trinajstić information content (AvgIpc) is 2.39. The lowest BCUT2D eigenvalue weighted by Crippen LogP contribution is -2.40. The summed E-state index contributed by atoms with van der Waals surface area (Å²) < 4.78 is 4.94. The van der Waals surface area contributed by atoms with Crippen LogP contribution in [0.3, 0.4) is 0 Å². The number of aromatic nitrogens is 1. The Morgan fingerprint density at radius 2 is 2.18 bits per heavy atom. The van der Waals surface area contributed by atoms with Crippen LogP contribution in [0.4, 0.5) is 0 Å². The van der Waals surface area contributed by atoms with E-state index >= 15 is 0 Å². The van der Waals surface area contributed by atoms with Crippen molar-refractivity contribution < 1.29 is 14.6 Å². The van der Waals surface area contributed by atoms with Gasteiger partial charge in [-0.3, -0.25) is 4.79 Å². The van der Waals surface area contributed by atoms with E-state index in [0.29, 0.717) is 37.4 Å². The van der Waals surface area contributed by atoms with Crippen molar-refractivity contribution in [1.82, 2.24) is 9.88 Å². The minimum atomic E-state index is -0.270. The number of ether oxygens (including phenoxy) is 1. The van der Waals surface area contributed by atoms with E-state index in [0.717, 1.165) is 0 Å². The molecule has 5 nitrogen and oxygen atoms in total. The van der Waals surface area contributed by atoms with Crippen LogP contribution >= 0.6 is 0 Å². The molecule has 0 atom stereocenters. The van der Waals surface area contributed by atoms with Crippen LogP contribution in [0.5, 0.6) is 5.88 Å². The zero-order chi connectivity index (χ0) is 12.3. The van der Waals surface area contributed by atoms with Crippen LogP contribution in [-0.2, 0) is 0 Å². The number of rotatable bonds is 2. The van der Waals surface area contributed by atoms with Crippen LogP contribution in [0.1, 0.15) is 23.2 Å².